The van der Waals surface area contributed by atoms with E-state index in [1.54, 1.807) is 6.07 Å². The highest BCUT2D eigenvalue weighted by Gasteiger charge is 2.22. The lowest BCUT2D eigenvalue weighted by Crippen LogP contribution is -2.13. The Morgan fingerprint density at radius 1 is 0.697 bits per heavy atom. The Labute approximate surface area is 200 Å². The highest BCUT2D eigenvalue weighted by molar-refractivity contribution is 5.71. The van der Waals surface area contributed by atoms with Gasteiger partial charge in [0.05, 0.1) is 0 Å². The van der Waals surface area contributed by atoms with Gasteiger partial charge in [0.15, 0.2) is 0 Å². The van der Waals surface area contributed by atoms with Crippen LogP contribution in [0.2, 0.25) is 0 Å². The maximum Gasteiger partial charge on any atom is 0.131 e. The molecule has 0 amide bonds. The van der Waals surface area contributed by atoms with E-state index in [0.717, 1.165) is 29.0 Å². The molecule has 33 heavy (non-hydrogen) atoms. The van der Waals surface area contributed by atoms with Crippen molar-refractivity contribution >= 4 is 0 Å². The Morgan fingerprint density at radius 3 is 1.97 bits per heavy atom. The van der Waals surface area contributed by atoms with Gasteiger partial charge < -0.3 is 0 Å². The zero-order chi connectivity index (χ0) is 23.0. The molecule has 0 nitrogen and oxygen atoms in total. The topological polar surface area (TPSA) is 0 Å². The van der Waals surface area contributed by atoms with Crippen LogP contribution in [0, 0.1) is 11.7 Å². The number of unbranched alkanes of at least 4 members (excludes halogenated alkanes) is 2. The summed E-state index contributed by atoms with van der Waals surface area (Å²) in [6, 6.07) is 22.9. The molecule has 174 valence electrons. The molecule has 3 aromatic rings. The number of hydrogen-bond acceptors (Lipinski definition) is 0. The monoisotopic (exact) mass is 442 g/mol. The van der Waals surface area contributed by atoms with Crippen LogP contribution in [0.5, 0.6) is 0 Å². The van der Waals surface area contributed by atoms with Crippen molar-refractivity contribution in [2.24, 2.45) is 5.92 Å². The molecule has 0 aliphatic heterocycles. The van der Waals surface area contributed by atoms with Crippen molar-refractivity contribution in [3.8, 4) is 22.3 Å². The lowest BCUT2D eigenvalue weighted by atomic mass is 9.77. The number of aryl methyl sites for hydroxylation is 1. The number of benzene rings is 3. The largest absolute Gasteiger partial charge is 0.206 e. The maximum absolute atomic E-state index is 15.1. The molecule has 1 heteroatoms. The molecular weight excluding hydrogens is 403 g/mol. The first-order chi connectivity index (χ1) is 16.2. The van der Waals surface area contributed by atoms with Crippen molar-refractivity contribution in [2.45, 2.75) is 84.0 Å². The fraction of sp³-hybridized carbons (Fsp3) is 0.438. The lowest BCUT2D eigenvalue weighted by Gasteiger charge is -2.29. The predicted octanol–water partition coefficient (Wildman–Crippen LogP) is 9.97. The second-order valence-corrected chi connectivity index (χ2v) is 9.98. The van der Waals surface area contributed by atoms with E-state index in [1.165, 1.54) is 68.9 Å². The van der Waals surface area contributed by atoms with E-state index in [1.807, 2.05) is 12.1 Å². The third-order valence-corrected chi connectivity index (χ3v) is 7.58. The molecule has 1 aliphatic rings. The summed E-state index contributed by atoms with van der Waals surface area (Å²) in [6.45, 7) is 4.50. The van der Waals surface area contributed by atoms with Crippen LogP contribution in [0.3, 0.4) is 0 Å². The van der Waals surface area contributed by atoms with Crippen LogP contribution in [0.15, 0.2) is 66.7 Å². The summed E-state index contributed by atoms with van der Waals surface area (Å²) in [4.78, 5) is 0. The summed E-state index contributed by atoms with van der Waals surface area (Å²) >= 11 is 0. The van der Waals surface area contributed by atoms with Crippen LogP contribution in [0.25, 0.3) is 22.3 Å². The number of halogens is 1. The normalized spacial score (nSPS) is 18.4. The molecule has 0 saturated heterocycles. The molecule has 3 aromatic carbocycles. The van der Waals surface area contributed by atoms with Crippen molar-refractivity contribution in [1.29, 1.82) is 0 Å². The summed E-state index contributed by atoms with van der Waals surface area (Å²) in [5, 5.41) is 0. The SMILES string of the molecule is CCCCc1ccc(-c2ccc(-c3ccc(C4CCC(CCCC)CC4)cc3)c(F)c2)cc1. The minimum Gasteiger partial charge on any atom is -0.206 e. The Balaban J connectivity index is 1.41. The van der Waals surface area contributed by atoms with Gasteiger partial charge in [0.2, 0.25) is 0 Å². The Bertz CT molecular complexity index is 992. The molecule has 0 unspecified atom stereocenters. The molecule has 1 saturated carbocycles. The van der Waals surface area contributed by atoms with Gasteiger partial charge in [-0.25, -0.2) is 4.39 Å². The zero-order valence-electron chi connectivity index (χ0n) is 20.5. The van der Waals surface area contributed by atoms with E-state index in [0.29, 0.717) is 11.5 Å². The Kier molecular flexibility index (Phi) is 8.37. The van der Waals surface area contributed by atoms with Crippen LogP contribution in [0.1, 0.15) is 88.7 Å². The van der Waals surface area contributed by atoms with Gasteiger partial charge in [-0.2, -0.15) is 0 Å². The summed E-state index contributed by atoms with van der Waals surface area (Å²) < 4.78 is 15.1. The van der Waals surface area contributed by atoms with E-state index < -0.39 is 0 Å². The average molecular weight is 443 g/mol. The summed E-state index contributed by atoms with van der Waals surface area (Å²) in [6.07, 6.45) is 12.9. The molecule has 0 aromatic heterocycles. The van der Waals surface area contributed by atoms with Crippen LogP contribution < -0.4 is 0 Å². The van der Waals surface area contributed by atoms with Crippen LogP contribution in [-0.2, 0) is 6.42 Å². The van der Waals surface area contributed by atoms with E-state index in [-0.39, 0.29) is 5.82 Å². The third-order valence-electron chi connectivity index (χ3n) is 7.58. The van der Waals surface area contributed by atoms with Gasteiger partial charge >= 0.3 is 0 Å². The fourth-order valence-electron chi connectivity index (χ4n) is 5.39. The molecule has 4 rings (SSSR count). The molecule has 0 N–H and O–H groups in total. The van der Waals surface area contributed by atoms with Crippen LogP contribution in [-0.4, -0.2) is 0 Å². The van der Waals surface area contributed by atoms with Crippen LogP contribution >= 0.6 is 0 Å². The van der Waals surface area contributed by atoms with Crippen LogP contribution in [0.4, 0.5) is 4.39 Å². The van der Waals surface area contributed by atoms with E-state index in [9.17, 15) is 0 Å². The molecule has 1 fully saturated rings. The third kappa shape index (κ3) is 6.14. The van der Waals surface area contributed by atoms with E-state index in [4.69, 9.17) is 0 Å². The van der Waals surface area contributed by atoms with Gasteiger partial charge in [0, 0.05) is 5.56 Å². The van der Waals surface area contributed by atoms with Crippen molar-refractivity contribution in [1.82, 2.24) is 0 Å². The summed E-state index contributed by atoms with van der Waals surface area (Å²) in [5.41, 5.74) is 6.45. The summed E-state index contributed by atoms with van der Waals surface area (Å²) in [5.74, 6) is 1.46. The highest BCUT2D eigenvalue weighted by Crippen LogP contribution is 2.38. The maximum atomic E-state index is 15.1. The zero-order valence-corrected chi connectivity index (χ0v) is 20.5. The first-order valence-electron chi connectivity index (χ1n) is 13.2. The molecule has 0 bridgehead atoms. The van der Waals surface area contributed by atoms with Gasteiger partial charge in [-0.05, 0) is 84.2 Å². The predicted molar refractivity (Wildman–Crippen MR) is 140 cm³/mol. The highest BCUT2D eigenvalue weighted by atomic mass is 19.1. The Morgan fingerprint density at radius 2 is 1.33 bits per heavy atom. The quantitative estimate of drug-likeness (QED) is 0.309. The molecule has 1 aliphatic carbocycles. The average Bonchev–Trinajstić information content (AvgIpc) is 2.87. The molecular formula is C32H39F. The van der Waals surface area contributed by atoms with Gasteiger partial charge in [-0.15, -0.1) is 0 Å². The Hall–Kier alpha value is -2.41. The second kappa shape index (κ2) is 11.6. The molecule has 0 spiro atoms. The van der Waals surface area contributed by atoms with Gasteiger partial charge in [-0.1, -0.05) is 100 Å². The lowest BCUT2D eigenvalue weighted by molar-refractivity contribution is 0.304. The number of rotatable bonds is 9. The van der Waals surface area contributed by atoms with Crippen molar-refractivity contribution in [3.63, 3.8) is 0 Å². The fourth-order valence-corrected chi connectivity index (χ4v) is 5.39. The standard InChI is InChI=1S/C32H39F/c1-3-5-7-24-9-13-26(14-10-24)27-17-19-29(20-18-27)31-22-21-30(23-32(31)33)28-15-11-25(12-16-28)8-6-4-2/h11-12,15-24,26H,3-10,13-14H2,1-2H3. The second-order valence-electron chi connectivity index (χ2n) is 9.98. The molecule has 0 atom stereocenters. The van der Waals surface area contributed by atoms with Crippen molar-refractivity contribution in [3.05, 3.63) is 83.7 Å². The van der Waals surface area contributed by atoms with Crippen molar-refractivity contribution < 1.29 is 4.39 Å². The van der Waals surface area contributed by atoms with Crippen molar-refractivity contribution in [2.75, 3.05) is 0 Å². The molecule has 0 heterocycles. The minimum atomic E-state index is -0.147. The van der Waals surface area contributed by atoms with E-state index >= 15 is 4.39 Å². The smallest absolute Gasteiger partial charge is 0.131 e. The number of hydrogen-bond donors (Lipinski definition) is 0. The first kappa shape index (κ1) is 23.7. The van der Waals surface area contributed by atoms with Gasteiger partial charge in [0.25, 0.3) is 0 Å². The summed E-state index contributed by atoms with van der Waals surface area (Å²) in [7, 11) is 0. The first-order valence-corrected chi connectivity index (χ1v) is 13.2. The molecule has 0 radical (unpaired) electrons. The van der Waals surface area contributed by atoms with Gasteiger partial charge in [-0.3, -0.25) is 0 Å². The van der Waals surface area contributed by atoms with Gasteiger partial charge in [0.1, 0.15) is 5.82 Å². The van der Waals surface area contributed by atoms with E-state index in [2.05, 4.69) is 62.4 Å². The minimum absolute atomic E-state index is 0.147.